The number of aromatic nitrogens is 3. The van der Waals surface area contributed by atoms with Crippen LogP contribution in [-0.2, 0) is 6.18 Å². The van der Waals surface area contributed by atoms with Gasteiger partial charge in [0.25, 0.3) is 5.91 Å². The third-order valence-corrected chi connectivity index (χ3v) is 4.50. The zero-order valence-corrected chi connectivity index (χ0v) is 16.8. The van der Waals surface area contributed by atoms with Gasteiger partial charge < -0.3 is 10.6 Å². The van der Waals surface area contributed by atoms with E-state index in [0.29, 0.717) is 16.8 Å². The van der Waals surface area contributed by atoms with E-state index in [0.717, 1.165) is 6.07 Å². The molecule has 0 bridgehead atoms. The molecule has 6 nitrogen and oxygen atoms in total. The Morgan fingerprint density at radius 1 is 0.909 bits per heavy atom. The van der Waals surface area contributed by atoms with Crippen LogP contribution in [0.25, 0.3) is 11.1 Å². The lowest BCUT2D eigenvalue weighted by atomic mass is 10.1. The fourth-order valence-corrected chi connectivity index (χ4v) is 2.99. The first-order chi connectivity index (χ1) is 15.8. The first-order valence-electron chi connectivity index (χ1n) is 9.58. The molecule has 166 valence electrons. The number of pyridine rings is 3. The molecule has 4 rings (SSSR count). The van der Waals surface area contributed by atoms with Crippen molar-refractivity contribution >= 4 is 23.2 Å². The highest BCUT2D eigenvalue weighted by Gasteiger charge is 2.32. The van der Waals surface area contributed by atoms with E-state index in [9.17, 15) is 22.4 Å². The number of benzene rings is 1. The zero-order valence-electron chi connectivity index (χ0n) is 16.8. The molecule has 0 fully saturated rings. The van der Waals surface area contributed by atoms with Gasteiger partial charge in [-0.25, -0.2) is 14.4 Å². The molecule has 1 amide bonds. The van der Waals surface area contributed by atoms with Gasteiger partial charge in [-0.2, -0.15) is 13.2 Å². The van der Waals surface area contributed by atoms with Crippen LogP contribution in [0.5, 0.6) is 0 Å². The van der Waals surface area contributed by atoms with E-state index in [1.807, 2.05) is 0 Å². The molecule has 0 aliphatic rings. The molecule has 0 unspecified atom stereocenters. The van der Waals surface area contributed by atoms with Gasteiger partial charge in [0.2, 0.25) is 0 Å². The second-order valence-corrected chi connectivity index (χ2v) is 6.86. The van der Waals surface area contributed by atoms with Crippen molar-refractivity contribution in [2.75, 3.05) is 10.6 Å². The zero-order chi connectivity index (χ0) is 23.4. The lowest BCUT2D eigenvalue weighted by molar-refractivity contribution is -0.141. The summed E-state index contributed by atoms with van der Waals surface area (Å²) < 4.78 is 52.6. The van der Waals surface area contributed by atoms with Gasteiger partial charge in [-0.3, -0.25) is 9.78 Å². The van der Waals surface area contributed by atoms with Crippen molar-refractivity contribution in [1.82, 2.24) is 15.0 Å². The topological polar surface area (TPSA) is 79.8 Å². The van der Waals surface area contributed by atoms with E-state index in [-0.39, 0.29) is 17.2 Å². The lowest BCUT2D eigenvalue weighted by Gasteiger charge is -2.10. The molecule has 3 aromatic heterocycles. The molecular formula is C23H15F4N5O. The molecule has 0 saturated carbocycles. The van der Waals surface area contributed by atoms with Gasteiger partial charge >= 0.3 is 6.18 Å². The van der Waals surface area contributed by atoms with Crippen molar-refractivity contribution in [3.8, 4) is 11.1 Å². The third-order valence-electron chi connectivity index (χ3n) is 4.50. The van der Waals surface area contributed by atoms with E-state index in [1.165, 1.54) is 48.9 Å². The number of carbonyl (C=O) groups is 1. The molecular weight excluding hydrogens is 438 g/mol. The number of nitrogens with zero attached hydrogens (tertiary/aromatic N) is 3. The summed E-state index contributed by atoms with van der Waals surface area (Å²) in [7, 11) is 0. The molecule has 1 aromatic carbocycles. The monoisotopic (exact) mass is 453 g/mol. The molecule has 0 aliphatic heterocycles. The average Bonchev–Trinajstić information content (AvgIpc) is 2.79. The number of halogens is 4. The van der Waals surface area contributed by atoms with Crippen molar-refractivity contribution in [3.05, 3.63) is 96.3 Å². The minimum atomic E-state index is -4.59. The lowest BCUT2D eigenvalue weighted by Crippen LogP contribution is -2.13. The van der Waals surface area contributed by atoms with E-state index in [4.69, 9.17) is 0 Å². The standard InChI is InChI=1S/C23H15F4N5O/c24-18-5-2-1-4-17(18)15-10-16(13-28-12-15)30-22(33)14-8-9-29-21(11-14)32-20-7-3-6-19(31-20)23(25,26)27/h1-13H,(H,30,33)(H,29,31,32). The first-order valence-corrected chi connectivity index (χ1v) is 9.58. The van der Waals surface area contributed by atoms with Gasteiger partial charge in [0, 0.05) is 29.1 Å². The summed E-state index contributed by atoms with van der Waals surface area (Å²) in [5.41, 5.74) is 0.301. The minimum absolute atomic E-state index is 0.0725. The maximum atomic E-state index is 14.1. The van der Waals surface area contributed by atoms with Gasteiger partial charge in [0.05, 0.1) is 11.9 Å². The van der Waals surface area contributed by atoms with Crippen molar-refractivity contribution in [2.45, 2.75) is 6.18 Å². The molecule has 4 aromatic rings. The Kier molecular flexibility index (Phi) is 5.99. The second kappa shape index (κ2) is 9.03. The third kappa shape index (κ3) is 5.29. The Labute approximate surface area is 185 Å². The summed E-state index contributed by atoms with van der Waals surface area (Å²) >= 11 is 0. The maximum absolute atomic E-state index is 14.1. The molecule has 3 heterocycles. The molecule has 0 atom stereocenters. The number of hydrogen-bond donors (Lipinski definition) is 2. The van der Waals surface area contributed by atoms with E-state index in [2.05, 4.69) is 25.6 Å². The molecule has 0 spiro atoms. The van der Waals surface area contributed by atoms with Crippen LogP contribution in [-0.4, -0.2) is 20.9 Å². The van der Waals surface area contributed by atoms with Crippen LogP contribution in [0.4, 0.5) is 34.9 Å². The highest BCUT2D eigenvalue weighted by Crippen LogP contribution is 2.29. The SMILES string of the molecule is O=C(Nc1cncc(-c2ccccc2F)c1)c1ccnc(Nc2cccc(C(F)(F)F)n2)c1. The largest absolute Gasteiger partial charge is 0.433 e. The van der Waals surface area contributed by atoms with Crippen LogP contribution in [0, 0.1) is 5.82 Å². The summed E-state index contributed by atoms with van der Waals surface area (Å²) in [6.07, 6.45) is -0.364. The Hall–Kier alpha value is -4.34. The van der Waals surface area contributed by atoms with Crippen LogP contribution in [0.1, 0.15) is 16.1 Å². The van der Waals surface area contributed by atoms with Crippen LogP contribution < -0.4 is 10.6 Å². The number of hydrogen-bond acceptors (Lipinski definition) is 5. The number of anilines is 3. The fourth-order valence-electron chi connectivity index (χ4n) is 2.99. The van der Waals surface area contributed by atoms with E-state index in [1.54, 1.807) is 24.3 Å². The molecule has 33 heavy (non-hydrogen) atoms. The highest BCUT2D eigenvalue weighted by atomic mass is 19.4. The number of carbonyl (C=O) groups excluding carboxylic acids is 1. The Bertz CT molecular complexity index is 1310. The molecule has 0 radical (unpaired) electrons. The van der Waals surface area contributed by atoms with Crippen LogP contribution in [0.15, 0.2) is 79.3 Å². The number of nitrogens with one attached hydrogen (secondary N) is 2. The van der Waals surface area contributed by atoms with Crippen molar-refractivity contribution in [2.24, 2.45) is 0 Å². The summed E-state index contributed by atoms with van der Waals surface area (Å²) in [4.78, 5) is 24.3. The number of amides is 1. The summed E-state index contributed by atoms with van der Waals surface area (Å²) in [5, 5.41) is 5.32. The van der Waals surface area contributed by atoms with E-state index < -0.39 is 23.6 Å². The fraction of sp³-hybridized carbons (Fsp3) is 0.0435. The molecule has 0 saturated heterocycles. The Morgan fingerprint density at radius 2 is 1.73 bits per heavy atom. The van der Waals surface area contributed by atoms with Gasteiger partial charge in [-0.1, -0.05) is 24.3 Å². The van der Waals surface area contributed by atoms with Gasteiger partial charge in [0.1, 0.15) is 23.1 Å². The summed E-state index contributed by atoms with van der Waals surface area (Å²) in [6.45, 7) is 0. The van der Waals surface area contributed by atoms with Crippen LogP contribution in [0.3, 0.4) is 0 Å². The van der Waals surface area contributed by atoms with Gasteiger partial charge in [-0.05, 0) is 36.4 Å². The average molecular weight is 453 g/mol. The van der Waals surface area contributed by atoms with Crippen LogP contribution in [0.2, 0.25) is 0 Å². The van der Waals surface area contributed by atoms with Crippen molar-refractivity contribution in [3.63, 3.8) is 0 Å². The molecule has 10 heteroatoms. The predicted octanol–water partition coefficient (Wildman–Crippen LogP) is 5.69. The van der Waals surface area contributed by atoms with Crippen molar-refractivity contribution < 1.29 is 22.4 Å². The maximum Gasteiger partial charge on any atom is 0.433 e. The molecule has 0 aliphatic carbocycles. The Balaban J connectivity index is 1.51. The van der Waals surface area contributed by atoms with E-state index >= 15 is 0 Å². The Morgan fingerprint density at radius 3 is 2.52 bits per heavy atom. The minimum Gasteiger partial charge on any atom is -0.325 e. The first kappa shape index (κ1) is 21.9. The van der Waals surface area contributed by atoms with Crippen molar-refractivity contribution in [1.29, 1.82) is 0 Å². The number of alkyl halides is 3. The van der Waals surface area contributed by atoms with Gasteiger partial charge in [-0.15, -0.1) is 0 Å². The molecule has 2 N–H and O–H groups in total. The predicted molar refractivity (Wildman–Crippen MR) is 114 cm³/mol. The quantitative estimate of drug-likeness (QED) is 0.380. The summed E-state index contributed by atoms with van der Waals surface area (Å²) in [6, 6.07) is 14.0. The smallest absolute Gasteiger partial charge is 0.325 e. The number of rotatable bonds is 5. The second-order valence-electron chi connectivity index (χ2n) is 6.86. The highest BCUT2D eigenvalue weighted by molar-refractivity contribution is 6.04. The van der Waals surface area contributed by atoms with Gasteiger partial charge in [0.15, 0.2) is 0 Å². The normalized spacial score (nSPS) is 11.2. The van der Waals surface area contributed by atoms with Crippen LogP contribution >= 0.6 is 0 Å². The summed E-state index contributed by atoms with van der Waals surface area (Å²) in [5.74, 6) is -0.870.